The van der Waals surface area contributed by atoms with E-state index in [0.717, 1.165) is 32.2 Å². The molecule has 1 aromatic heterocycles. The quantitative estimate of drug-likeness (QED) is 0.782. The van der Waals surface area contributed by atoms with Crippen LogP contribution in [0.15, 0.2) is 9.85 Å². The lowest BCUT2D eigenvalue weighted by molar-refractivity contribution is 0.138. The molecule has 2 rings (SSSR count). The number of halogens is 1. The van der Waals surface area contributed by atoms with Gasteiger partial charge in [-0.15, -0.1) is 11.3 Å². The van der Waals surface area contributed by atoms with Gasteiger partial charge in [0.25, 0.3) is 0 Å². The van der Waals surface area contributed by atoms with Gasteiger partial charge in [0.1, 0.15) is 0 Å². The van der Waals surface area contributed by atoms with Crippen LogP contribution in [-0.4, -0.2) is 25.8 Å². The van der Waals surface area contributed by atoms with Gasteiger partial charge in [-0.1, -0.05) is 0 Å². The lowest BCUT2D eigenvalue weighted by Crippen LogP contribution is -2.22. The molecule has 1 heterocycles. The average molecular weight is 304 g/mol. The molecule has 1 saturated carbocycles. The van der Waals surface area contributed by atoms with E-state index in [-0.39, 0.29) is 0 Å². The Hall–Kier alpha value is 0.1000. The van der Waals surface area contributed by atoms with Gasteiger partial charge in [-0.05, 0) is 53.7 Å². The second-order valence-corrected chi connectivity index (χ2v) is 6.86. The van der Waals surface area contributed by atoms with Crippen LogP contribution in [0.2, 0.25) is 0 Å². The van der Waals surface area contributed by atoms with Crippen LogP contribution < -0.4 is 5.32 Å². The number of ether oxygens (including phenoxy) is 1. The van der Waals surface area contributed by atoms with Crippen molar-refractivity contribution in [2.75, 3.05) is 19.8 Å². The molecule has 1 aromatic rings. The number of aryl methyl sites for hydroxylation is 1. The van der Waals surface area contributed by atoms with Crippen LogP contribution in [0.3, 0.4) is 0 Å². The minimum atomic E-state index is 0.790. The van der Waals surface area contributed by atoms with Crippen LogP contribution in [0, 0.1) is 6.92 Å². The van der Waals surface area contributed by atoms with Crippen molar-refractivity contribution < 1.29 is 4.74 Å². The van der Waals surface area contributed by atoms with Crippen molar-refractivity contribution in [3.05, 3.63) is 20.3 Å². The molecule has 1 N–H and O–H groups in total. The summed E-state index contributed by atoms with van der Waals surface area (Å²) < 4.78 is 6.82. The Bertz CT molecular complexity index is 336. The Morgan fingerprint density at radius 2 is 2.31 bits per heavy atom. The number of nitrogens with one attached hydrogen (secondary N) is 1. The SMILES string of the molecule is Cc1sc(Br)cc1CCOCCNC1CC1. The second-order valence-electron chi connectivity index (χ2n) is 4.22. The predicted molar refractivity (Wildman–Crippen MR) is 72.3 cm³/mol. The van der Waals surface area contributed by atoms with Crippen LogP contribution in [0.4, 0.5) is 0 Å². The molecule has 2 nitrogen and oxygen atoms in total. The van der Waals surface area contributed by atoms with Crippen molar-refractivity contribution in [1.29, 1.82) is 0 Å². The van der Waals surface area contributed by atoms with E-state index in [1.165, 1.54) is 27.1 Å². The molecule has 0 radical (unpaired) electrons. The third-order valence-electron chi connectivity index (χ3n) is 2.76. The van der Waals surface area contributed by atoms with Crippen LogP contribution in [-0.2, 0) is 11.2 Å². The highest BCUT2D eigenvalue weighted by Gasteiger charge is 2.19. The van der Waals surface area contributed by atoms with Crippen LogP contribution in [0.1, 0.15) is 23.3 Å². The topological polar surface area (TPSA) is 21.3 Å². The molecule has 1 fully saturated rings. The molecular weight excluding hydrogens is 286 g/mol. The van der Waals surface area contributed by atoms with E-state index < -0.39 is 0 Å². The summed E-state index contributed by atoms with van der Waals surface area (Å²) in [5, 5.41) is 3.44. The minimum Gasteiger partial charge on any atom is -0.380 e. The maximum Gasteiger partial charge on any atom is 0.0704 e. The Balaban J connectivity index is 1.54. The standard InChI is InChI=1S/C12H18BrNOS/c1-9-10(8-12(13)16-9)4-6-15-7-5-14-11-2-3-11/h8,11,14H,2-7H2,1H3. The summed E-state index contributed by atoms with van der Waals surface area (Å²) in [6.45, 7) is 4.83. The summed E-state index contributed by atoms with van der Waals surface area (Å²) in [6, 6.07) is 2.99. The molecule has 0 amide bonds. The van der Waals surface area contributed by atoms with Gasteiger partial charge >= 0.3 is 0 Å². The Morgan fingerprint density at radius 3 is 2.94 bits per heavy atom. The third kappa shape index (κ3) is 4.17. The van der Waals surface area contributed by atoms with Crippen LogP contribution in [0.25, 0.3) is 0 Å². The van der Waals surface area contributed by atoms with E-state index in [1.807, 2.05) is 0 Å². The predicted octanol–water partition coefficient (Wildman–Crippen LogP) is 3.13. The summed E-state index contributed by atoms with van der Waals surface area (Å²) in [6.07, 6.45) is 3.72. The maximum absolute atomic E-state index is 5.61. The van der Waals surface area contributed by atoms with E-state index in [2.05, 4.69) is 34.2 Å². The van der Waals surface area contributed by atoms with Gasteiger partial charge in [0, 0.05) is 17.5 Å². The number of thiophene rings is 1. The molecule has 0 atom stereocenters. The third-order valence-corrected chi connectivity index (χ3v) is 4.36. The summed E-state index contributed by atoms with van der Waals surface area (Å²) >= 11 is 5.31. The molecule has 0 aromatic carbocycles. The van der Waals surface area contributed by atoms with Crippen molar-refractivity contribution in [3.63, 3.8) is 0 Å². The molecule has 0 saturated heterocycles. The first kappa shape index (κ1) is 12.6. The average Bonchev–Trinajstić information content (AvgIpc) is 2.99. The number of rotatable bonds is 7. The monoisotopic (exact) mass is 303 g/mol. The molecule has 0 aliphatic heterocycles. The lowest BCUT2D eigenvalue weighted by Gasteiger charge is -2.04. The molecule has 0 unspecified atom stereocenters. The van der Waals surface area contributed by atoms with Crippen molar-refractivity contribution in [2.45, 2.75) is 32.2 Å². The van der Waals surface area contributed by atoms with Gasteiger partial charge < -0.3 is 10.1 Å². The zero-order valence-corrected chi connectivity index (χ0v) is 12.0. The summed E-state index contributed by atoms with van der Waals surface area (Å²) in [5.74, 6) is 0. The van der Waals surface area contributed by atoms with Gasteiger partial charge in [0.15, 0.2) is 0 Å². The summed E-state index contributed by atoms with van der Waals surface area (Å²) in [7, 11) is 0. The smallest absolute Gasteiger partial charge is 0.0704 e. The fourth-order valence-corrected chi connectivity index (χ4v) is 3.43. The lowest BCUT2D eigenvalue weighted by atomic mass is 10.2. The summed E-state index contributed by atoms with van der Waals surface area (Å²) in [5.41, 5.74) is 1.41. The minimum absolute atomic E-state index is 0.790. The van der Waals surface area contributed by atoms with Crippen LogP contribution in [0.5, 0.6) is 0 Å². The largest absolute Gasteiger partial charge is 0.380 e. The van der Waals surface area contributed by atoms with Crippen molar-refractivity contribution in [3.8, 4) is 0 Å². The molecule has 0 spiro atoms. The Kier molecular flexibility index (Phi) is 4.82. The molecule has 1 aliphatic rings. The van der Waals surface area contributed by atoms with Gasteiger partial charge in [0.05, 0.1) is 17.0 Å². The Morgan fingerprint density at radius 1 is 1.50 bits per heavy atom. The second kappa shape index (κ2) is 6.15. The fraction of sp³-hybridized carbons (Fsp3) is 0.667. The zero-order chi connectivity index (χ0) is 11.4. The van der Waals surface area contributed by atoms with Crippen molar-refractivity contribution in [1.82, 2.24) is 5.32 Å². The van der Waals surface area contributed by atoms with Gasteiger partial charge in [-0.2, -0.15) is 0 Å². The van der Waals surface area contributed by atoms with E-state index in [1.54, 1.807) is 11.3 Å². The maximum atomic E-state index is 5.61. The molecule has 1 aliphatic carbocycles. The van der Waals surface area contributed by atoms with E-state index in [0.29, 0.717) is 0 Å². The number of hydrogen-bond donors (Lipinski definition) is 1. The number of hydrogen-bond acceptors (Lipinski definition) is 3. The zero-order valence-electron chi connectivity index (χ0n) is 9.59. The first-order valence-electron chi connectivity index (χ1n) is 5.81. The van der Waals surface area contributed by atoms with E-state index in [9.17, 15) is 0 Å². The summed E-state index contributed by atoms with van der Waals surface area (Å²) in [4.78, 5) is 1.39. The molecule has 4 heteroatoms. The highest BCUT2D eigenvalue weighted by atomic mass is 79.9. The first-order valence-corrected chi connectivity index (χ1v) is 7.42. The first-order chi connectivity index (χ1) is 7.75. The van der Waals surface area contributed by atoms with Gasteiger partial charge in [-0.25, -0.2) is 0 Å². The van der Waals surface area contributed by atoms with E-state index in [4.69, 9.17) is 4.74 Å². The van der Waals surface area contributed by atoms with Crippen molar-refractivity contribution >= 4 is 27.3 Å². The molecular formula is C12H18BrNOS. The Labute approximate surface area is 110 Å². The molecule has 90 valence electrons. The van der Waals surface area contributed by atoms with Gasteiger partial charge in [0.2, 0.25) is 0 Å². The fourth-order valence-electron chi connectivity index (χ4n) is 1.63. The van der Waals surface area contributed by atoms with Crippen molar-refractivity contribution in [2.24, 2.45) is 0 Å². The molecule has 0 bridgehead atoms. The highest BCUT2D eigenvalue weighted by Crippen LogP contribution is 2.26. The van der Waals surface area contributed by atoms with E-state index >= 15 is 0 Å². The normalized spacial score (nSPS) is 15.6. The van der Waals surface area contributed by atoms with Gasteiger partial charge in [-0.3, -0.25) is 0 Å². The molecule has 16 heavy (non-hydrogen) atoms. The van der Waals surface area contributed by atoms with Crippen LogP contribution >= 0.6 is 27.3 Å². The highest BCUT2D eigenvalue weighted by molar-refractivity contribution is 9.11.